The molecule has 2 heterocycles. The molecule has 7 nitrogen and oxygen atoms in total. The van der Waals surface area contributed by atoms with E-state index in [1.54, 1.807) is 11.0 Å². The number of H-pyrrole nitrogens is 1. The van der Waals surface area contributed by atoms with Gasteiger partial charge < -0.3 is 19.9 Å². The molecule has 9 heteroatoms. The molecular formula is C31H33Cl2N5O2. The zero-order chi connectivity index (χ0) is 28.2. The number of nitrogens with one attached hydrogen (secondary N) is 1. The minimum absolute atomic E-state index is 0.149. The molecule has 1 unspecified atom stereocenters. The number of aromatic amines is 1. The van der Waals surface area contributed by atoms with Crippen LogP contribution in [0.5, 0.6) is 0 Å². The average molecular weight is 579 g/mol. The Morgan fingerprint density at radius 2 is 1.77 bits per heavy atom. The zero-order valence-electron chi connectivity index (χ0n) is 22.6. The van der Waals surface area contributed by atoms with Gasteiger partial charge in [0.15, 0.2) is 0 Å². The summed E-state index contributed by atoms with van der Waals surface area (Å²) >= 11 is 12.7. The lowest BCUT2D eigenvalue weighted by molar-refractivity contribution is 0.0908. The van der Waals surface area contributed by atoms with E-state index in [4.69, 9.17) is 23.2 Å². The molecule has 0 bridgehead atoms. The van der Waals surface area contributed by atoms with Crippen LogP contribution in [0.4, 0.5) is 11.4 Å². The molecule has 0 spiro atoms. The Balaban J connectivity index is 1.33. The number of aryl methyl sites for hydroxylation is 2. The van der Waals surface area contributed by atoms with E-state index in [9.17, 15) is 9.90 Å². The molecule has 40 heavy (non-hydrogen) atoms. The zero-order valence-corrected chi connectivity index (χ0v) is 24.2. The predicted octanol–water partition coefficient (Wildman–Crippen LogP) is 5.83. The van der Waals surface area contributed by atoms with Crippen LogP contribution in [0.2, 0.25) is 10.0 Å². The standard InChI is InChI=1S/C31H33Cl2N5O2/c1-21-15-22(2)29(16-25(21)23-7-4-3-5-8-23)38(31(40)27-17-34-20-35-27)19-24(39)18-36-11-13-37(14-12-36)28-10-6-9-26(32)30(28)33/h3-10,15-17,20,24,39H,11-14,18-19H2,1-2H3,(H,34,35). The number of aromatic nitrogens is 2. The van der Waals surface area contributed by atoms with Crippen LogP contribution in [-0.4, -0.2) is 71.3 Å². The summed E-state index contributed by atoms with van der Waals surface area (Å²) in [6.45, 7) is 7.72. The van der Waals surface area contributed by atoms with Gasteiger partial charge in [-0.25, -0.2) is 4.98 Å². The van der Waals surface area contributed by atoms with E-state index in [-0.39, 0.29) is 12.5 Å². The SMILES string of the molecule is Cc1cc(C)c(N(CC(O)CN2CCN(c3cccc(Cl)c3Cl)CC2)C(=O)c2cnc[nH]2)cc1-c1ccccc1. The molecule has 1 atom stereocenters. The molecule has 3 aromatic carbocycles. The highest BCUT2D eigenvalue weighted by molar-refractivity contribution is 6.43. The molecular weight excluding hydrogens is 545 g/mol. The summed E-state index contributed by atoms with van der Waals surface area (Å²) in [6.07, 6.45) is 2.25. The molecule has 0 radical (unpaired) electrons. The Hall–Kier alpha value is -3.36. The largest absolute Gasteiger partial charge is 0.390 e. The second-order valence-corrected chi connectivity index (χ2v) is 11.0. The van der Waals surface area contributed by atoms with Gasteiger partial charge in [-0.3, -0.25) is 9.69 Å². The minimum atomic E-state index is -0.756. The number of amides is 1. The smallest absolute Gasteiger partial charge is 0.276 e. The number of aliphatic hydroxyl groups excluding tert-OH is 1. The van der Waals surface area contributed by atoms with Gasteiger partial charge in [-0.15, -0.1) is 0 Å². The van der Waals surface area contributed by atoms with Gasteiger partial charge in [0.05, 0.1) is 40.9 Å². The monoisotopic (exact) mass is 577 g/mol. The quantitative estimate of drug-likeness (QED) is 0.275. The van der Waals surface area contributed by atoms with Gasteiger partial charge in [0.1, 0.15) is 5.69 Å². The summed E-state index contributed by atoms with van der Waals surface area (Å²) in [4.78, 5) is 26.7. The number of halogens is 2. The van der Waals surface area contributed by atoms with Crippen molar-refractivity contribution in [1.82, 2.24) is 14.9 Å². The molecule has 1 aliphatic heterocycles. The first kappa shape index (κ1) is 28.2. The van der Waals surface area contributed by atoms with Crippen LogP contribution in [0, 0.1) is 13.8 Å². The summed E-state index contributed by atoms with van der Waals surface area (Å²) < 4.78 is 0. The summed E-state index contributed by atoms with van der Waals surface area (Å²) in [5, 5.41) is 12.4. The number of carbonyl (C=O) groups excluding carboxylic acids is 1. The maximum atomic E-state index is 13.7. The van der Waals surface area contributed by atoms with Crippen molar-refractivity contribution < 1.29 is 9.90 Å². The summed E-state index contributed by atoms with van der Waals surface area (Å²) in [7, 11) is 0. The number of hydrogen-bond acceptors (Lipinski definition) is 5. The van der Waals surface area contributed by atoms with E-state index < -0.39 is 6.10 Å². The predicted molar refractivity (Wildman–Crippen MR) is 163 cm³/mol. The highest BCUT2D eigenvalue weighted by atomic mass is 35.5. The topological polar surface area (TPSA) is 75.7 Å². The van der Waals surface area contributed by atoms with E-state index in [1.807, 2.05) is 37.3 Å². The summed E-state index contributed by atoms with van der Waals surface area (Å²) in [5.74, 6) is -0.233. The Bertz CT molecular complexity index is 1450. The fourth-order valence-corrected chi connectivity index (χ4v) is 5.76. The molecule has 0 aliphatic carbocycles. The van der Waals surface area contributed by atoms with Crippen molar-refractivity contribution in [3.8, 4) is 11.1 Å². The van der Waals surface area contributed by atoms with Crippen LogP contribution < -0.4 is 9.80 Å². The Morgan fingerprint density at radius 3 is 2.48 bits per heavy atom. The van der Waals surface area contributed by atoms with Gasteiger partial charge in [-0.2, -0.15) is 0 Å². The van der Waals surface area contributed by atoms with Crippen LogP contribution in [0.25, 0.3) is 11.1 Å². The Labute approximate surface area is 245 Å². The second-order valence-electron chi connectivity index (χ2n) is 10.2. The summed E-state index contributed by atoms with van der Waals surface area (Å²) in [5.41, 5.74) is 6.28. The number of β-amino-alcohol motifs (C(OH)–C–C–N with tert-alkyl or cyclic N) is 1. The van der Waals surface area contributed by atoms with Crippen molar-refractivity contribution in [3.63, 3.8) is 0 Å². The molecule has 1 aliphatic rings. The molecule has 4 aromatic rings. The second kappa shape index (κ2) is 12.4. The van der Waals surface area contributed by atoms with Gasteiger partial charge in [0, 0.05) is 38.4 Å². The van der Waals surface area contributed by atoms with Crippen molar-refractivity contribution in [3.05, 3.63) is 100 Å². The van der Waals surface area contributed by atoms with Gasteiger partial charge in [-0.05, 0) is 54.3 Å². The molecule has 1 amide bonds. The van der Waals surface area contributed by atoms with E-state index in [2.05, 4.69) is 51.0 Å². The first-order valence-electron chi connectivity index (χ1n) is 13.4. The van der Waals surface area contributed by atoms with Crippen LogP contribution in [0.1, 0.15) is 21.6 Å². The average Bonchev–Trinajstić information content (AvgIpc) is 3.50. The molecule has 0 saturated carbocycles. The van der Waals surface area contributed by atoms with Crippen molar-refractivity contribution in [2.45, 2.75) is 20.0 Å². The van der Waals surface area contributed by atoms with Crippen LogP contribution >= 0.6 is 23.2 Å². The van der Waals surface area contributed by atoms with E-state index in [0.29, 0.717) is 22.3 Å². The number of nitrogens with zero attached hydrogens (tertiary/aromatic N) is 4. The lowest BCUT2D eigenvalue weighted by Gasteiger charge is -2.38. The van der Waals surface area contributed by atoms with Gasteiger partial charge >= 0.3 is 0 Å². The lowest BCUT2D eigenvalue weighted by atomic mass is 9.96. The molecule has 1 aromatic heterocycles. The van der Waals surface area contributed by atoms with Gasteiger partial charge in [0.2, 0.25) is 0 Å². The van der Waals surface area contributed by atoms with E-state index in [0.717, 1.165) is 59.8 Å². The number of carbonyl (C=O) groups is 1. The molecule has 1 saturated heterocycles. The molecule has 5 rings (SSSR count). The Morgan fingerprint density at radius 1 is 1.02 bits per heavy atom. The van der Waals surface area contributed by atoms with Crippen LogP contribution in [-0.2, 0) is 0 Å². The number of benzene rings is 3. The third-order valence-electron chi connectivity index (χ3n) is 7.40. The molecule has 208 valence electrons. The molecule has 2 N–H and O–H groups in total. The minimum Gasteiger partial charge on any atom is -0.390 e. The van der Waals surface area contributed by atoms with Crippen molar-refractivity contribution in [2.75, 3.05) is 49.1 Å². The van der Waals surface area contributed by atoms with Crippen LogP contribution in [0.15, 0.2) is 73.2 Å². The lowest BCUT2D eigenvalue weighted by Crippen LogP contribution is -2.50. The first-order chi connectivity index (χ1) is 19.3. The van der Waals surface area contributed by atoms with Gasteiger partial charge in [0.25, 0.3) is 5.91 Å². The van der Waals surface area contributed by atoms with Crippen molar-refractivity contribution in [2.24, 2.45) is 0 Å². The van der Waals surface area contributed by atoms with E-state index >= 15 is 0 Å². The van der Waals surface area contributed by atoms with Crippen LogP contribution in [0.3, 0.4) is 0 Å². The fraction of sp³-hybridized carbons (Fsp3) is 0.290. The number of anilines is 2. The number of hydrogen-bond donors (Lipinski definition) is 2. The maximum absolute atomic E-state index is 13.7. The van der Waals surface area contributed by atoms with Crippen molar-refractivity contribution in [1.29, 1.82) is 0 Å². The normalized spacial score (nSPS) is 14.8. The fourth-order valence-electron chi connectivity index (χ4n) is 5.34. The number of rotatable bonds is 8. The third-order valence-corrected chi connectivity index (χ3v) is 8.21. The highest BCUT2D eigenvalue weighted by Crippen LogP contribution is 2.34. The maximum Gasteiger partial charge on any atom is 0.276 e. The highest BCUT2D eigenvalue weighted by Gasteiger charge is 2.27. The van der Waals surface area contributed by atoms with Crippen molar-refractivity contribution >= 4 is 40.5 Å². The first-order valence-corrected chi connectivity index (χ1v) is 14.1. The number of piperazine rings is 1. The molecule has 1 fully saturated rings. The Kier molecular flexibility index (Phi) is 8.76. The third kappa shape index (κ3) is 6.18. The van der Waals surface area contributed by atoms with E-state index in [1.165, 1.54) is 12.5 Å². The van der Waals surface area contributed by atoms with Gasteiger partial charge in [-0.1, -0.05) is 65.7 Å². The number of aliphatic hydroxyl groups is 1. The number of imidazole rings is 1. The summed E-state index contributed by atoms with van der Waals surface area (Å²) in [6, 6.07) is 19.9.